The molecule has 0 spiro atoms. The molecule has 0 radical (unpaired) electrons. The van der Waals surface area contributed by atoms with Gasteiger partial charge in [-0.15, -0.1) is 0 Å². The van der Waals surface area contributed by atoms with Gasteiger partial charge in [-0.3, -0.25) is 0 Å². The number of hydrogen-bond acceptors (Lipinski definition) is 0. The molecule has 1 heterocycles. The number of aromatic nitrogens is 1. The topological polar surface area (TPSA) is 3.88 Å². The second kappa shape index (κ2) is 8.61. The molecule has 0 N–H and O–H groups in total. The Kier molecular flexibility index (Phi) is 5.36. The fraction of sp³-hybridized carbons (Fsp3) is 0.433. The molecule has 1 nitrogen and oxygen atoms in total. The minimum Gasteiger partial charge on any atom is -0.201 e. The van der Waals surface area contributed by atoms with Gasteiger partial charge in [-0.2, -0.15) is 0 Å². The van der Waals surface area contributed by atoms with E-state index in [1.807, 2.05) is 43.3 Å². The van der Waals surface area contributed by atoms with E-state index in [4.69, 9.17) is 4.11 Å². The van der Waals surface area contributed by atoms with Crippen molar-refractivity contribution < 1.29 is 8.68 Å². The second-order valence-corrected chi connectivity index (χ2v) is 11.4. The summed E-state index contributed by atoms with van der Waals surface area (Å²) in [6.07, 6.45) is 4.28. The largest absolute Gasteiger partial charge is 0.212 e. The first-order valence-electron chi connectivity index (χ1n) is 12.8. The average Bonchev–Trinajstić information content (AvgIpc) is 2.68. The van der Waals surface area contributed by atoms with Gasteiger partial charge in [0.1, 0.15) is 7.05 Å². The van der Waals surface area contributed by atoms with E-state index in [0.717, 1.165) is 40.8 Å². The van der Waals surface area contributed by atoms with Crippen molar-refractivity contribution in [3.05, 3.63) is 77.0 Å². The molecule has 0 bridgehead atoms. The van der Waals surface area contributed by atoms with Crippen LogP contribution in [0.25, 0.3) is 22.4 Å². The van der Waals surface area contributed by atoms with Crippen molar-refractivity contribution in [2.75, 3.05) is 0 Å². The van der Waals surface area contributed by atoms with Gasteiger partial charge in [0.2, 0.25) is 5.69 Å². The smallest absolute Gasteiger partial charge is 0.201 e. The molecule has 3 rings (SSSR count). The lowest BCUT2D eigenvalue weighted by Gasteiger charge is -2.24. The van der Waals surface area contributed by atoms with Gasteiger partial charge in [0, 0.05) is 21.3 Å². The van der Waals surface area contributed by atoms with E-state index < -0.39 is 6.85 Å². The Morgan fingerprint density at radius 2 is 1.39 bits per heavy atom. The van der Waals surface area contributed by atoms with Crippen molar-refractivity contribution in [1.82, 2.24) is 0 Å². The van der Waals surface area contributed by atoms with Crippen molar-refractivity contribution in [2.24, 2.45) is 17.9 Å². The van der Waals surface area contributed by atoms with Gasteiger partial charge in [0.25, 0.3) is 0 Å². The Bertz CT molecular complexity index is 1160. The molecule has 0 amide bonds. The number of hydrogen-bond donors (Lipinski definition) is 0. The van der Waals surface area contributed by atoms with E-state index in [9.17, 15) is 0 Å². The lowest BCUT2D eigenvalue weighted by Crippen LogP contribution is -2.33. The second-order valence-electron chi connectivity index (χ2n) is 11.4. The zero-order valence-electron chi connectivity index (χ0n) is 23.6. The molecule has 1 aromatic heterocycles. The zero-order chi connectivity index (χ0) is 25.5. The van der Waals surface area contributed by atoms with Crippen molar-refractivity contribution in [3.8, 4) is 22.4 Å². The lowest BCUT2D eigenvalue weighted by atomic mass is 9.81. The third-order valence-corrected chi connectivity index (χ3v) is 5.62. The van der Waals surface area contributed by atoms with Gasteiger partial charge >= 0.3 is 0 Å². The molecule has 2 aromatic carbocycles. The van der Waals surface area contributed by atoms with E-state index in [-0.39, 0.29) is 10.8 Å². The molecule has 0 aliphatic heterocycles. The van der Waals surface area contributed by atoms with Crippen molar-refractivity contribution in [3.63, 3.8) is 0 Å². The number of aryl methyl sites for hydroxylation is 3. The van der Waals surface area contributed by atoms with Crippen LogP contribution in [-0.4, -0.2) is 0 Å². The molecule has 0 saturated carbocycles. The lowest BCUT2D eigenvalue weighted by molar-refractivity contribution is -0.660. The van der Waals surface area contributed by atoms with Crippen LogP contribution in [0.3, 0.4) is 0 Å². The summed E-state index contributed by atoms with van der Waals surface area (Å²) in [5.74, 6) is 0. The molecule has 1 heteroatoms. The first-order chi connectivity index (χ1) is 15.5. The summed E-state index contributed by atoms with van der Waals surface area (Å²) < 4.78 is 26.7. The summed E-state index contributed by atoms with van der Waals surface area (Å²) in [5.41, 5.74) is 8.39. The Balaban J connectivity index is 2.27. The summed E-state index contributed by atoms with van der Waals surface area (Å²) >= 11 is 0. The van der Waals surface area contributed by atoms with Crippen LogP contribution < -0.4 is 4.57 Å². The van der Waals surface area contributed by atoms with E-state index in [1.165, 1.54) is 11.1 Å². The Hall–Kier alpha value is -2.41. The average molecular weight is 418 g/mol. The Morgan fingerprint density at radius 1 is 0.774 bits per heavy atom. The van der Waals surface area contributed by atoms with Gasteiger partial charge in [0.05, 0.1) is 0 Å². The van der Waals surface area contributed by atoms with Crippen LogP contribution in [0.2, 0.25) is 0 Å². The van der Waals surface area contributed by atoms with Crippen LogP contribution in [0.4, 0.5) is 0 Å². The maximum Gasteiger partial charge on any atom is 0.212 e. The summed E-state index contributed by atoms with van der Waals surface area (Å²) in [6, 6.07) is 16.1. The number of benzene rings is 2. The molecule has 0 unspecified atom stereocenters. The number of rotatable bonds is 4. The van der Waals surface area contributed by atoms with E-state index in [0.29, 0.717) is 5.56 Å². The molecule has 164 valence electrons. The highest BCUT2D eigenvalue weighted by atomic mass is 14.9. The summed E-state index contributed by atoms with van der Waals surface area (Å²) in [7, 11) is 2.10. The van der Waals surface area contributed by atoms with Gasteiger partial charge < -0.3 is 0 Å². The highest BCUT2D eigenvalue weighted by Gasteiger charge is 2.24. The zero-order valence-corrected chi connectivity index (χ0v) is 20.6. The van der Waals surface area contributed by atoms with Crippen LogP contribution in [0.15, 0.2) is 54.7 Å². The van der Waals surface area contributed by atoms with Crippen molar-refractivity contribution in [1.29, 1.82) is 0 Å². The maximum atomic E-state index is 8.15. The van der Waals surface area contributed by atoms with Crippen LogP contribution in [-0.2, 0) is 19.9 Å². The van der Waals surface area contributed by atoms with Gasteiger partial charge in [0.15, 0.2) is 6.20 Å². The predicted octanol–water partition coefficient (Wildman–Crippen LogP) is 7.64. The number of pyridine rings is 1. The van der Waals surface area contributed by atoms with E-state index in [2.05, 4.69) is 71.5 Å². The molecule has 31 heavy (non-hydrogen) atoms. The van der Waals surface area contributed by atoms with Gasteiger partial charge in [-0.25, -0.2) is 4.57 Å². The SMILES string of the molecule is [2H]C([2H])([2H])c1cc(C)c(-c2cc(CC(C)(C)C)c(CC(C)(C)C)c[n+]2C)cc1-c1ccccc1. The minimum atomic E-state index is -2.18. The summed E-state index contributed by atoms with van der Waals surface area (Å²) in [5, 5.41) is 0. The number of nitrogens with zero attached hydrogens (tertiary/aromatic N) is 1. The summed E-state index contributed by atoms with van der Waals surface area (Å²) in [4.78, 5) is 0. The van der Waals surface area contributed by atoms with Crippen LogP contribution in [0, 0.1) is 24.6 Å². The van der Waals surface area contributed by atoms with E-state index in [1.54, 1.807) is 0 Å². The van der Waals surface area contributed by atoms with Crippen LogP contribution >= 0.6 is 0 Å². The Labute approximate surface area is 194 Å². The van der Waals surface area contributed by atoms with Gasteiger partial charge in [-0.1, -0.05) is 77.9 Å². The van der Waals surface area contributed by atoms with Gasteiger partial charge in [-0.05, 0) is 71.3 Å². The molecular weight excluding hydrogens is 374 g/mol. The first-order valence-corrected chi connectivity index (χ1v) is 11.3. The normalized spacial score (nSPS) is 14.1. The monoisotopic (exact) mass is 417 g/mol. The quantitative estimate of drug-likeness (QED) is 0.384. The first kappa shape index (κ1) is 19.3. The third-order valence-electron chi connectivity index (χ3n) is 5.62. The highest BCUT2D eigenvalue weighted by molar-refractivity contribution is 5.75. The summed E-state index contributed by atoms with van der Waals surface area (Å²) in [6.45, 7) is 13.5. The molecule has 0 aliphatic carbocycles. The molecule has 0 atom stereocenters. The predicted molar refractivity (Wildman–Crippen MR) is 134 cm³/mol. The molecule has 0 saturated heterocycles. The van der Waals surface area contributed by atoms with Crippen LogP contribution in [0.5, 0.6) is 0 Å². The Morgan fingerprint density at radius 3 is 1.97 bits per heavy atom. The fourth-order valence-corrected chi connectivity index (χ4v) is 4.32. The molecule has 3 aromatic rings. The van der Waals surface area contributed by atoms with Crippen molar-refractivity contribution >= 4 is 0 Å². The fourth-order valence-electron chi connectivity index (χ4n) is 4.32. The van der Waals surface area contributed by atoms with Crippen LogP contribution in [0.1, 0.15) is 67.9 Å². The van der Waals surface area contributed by atoms with E-state index >= 15 is 0 Å². The van der Waals surface area contributed by atoms with Crippen molar-refractivity contribution in [2.45, 2.75) is 68.2 Å². The molecule has 0 fully saturated rings. The minimum absolute atomic E-state index is 0.166. The highest BCUT2D eigenvalue weighted by Crippen LogP contribution is 2.34. The third kappa shape index (κ3) is 5.85. The maximum absolute atomic E-state index is 8.15. The molecule has 0 aliphatic rings. The molecular formula is C30H40N+. The standard InChI is InChI=1S/C30H40N/c1-21-15-22(2)27(17-26(21)23-13-11-10-12-14-23)28-16-24(18-29(3,4)5)25(20-31(28)9)19-30(6,7)8/h10-17,20H,18-19H2,1-9H3/q+1/i1D3.